The highest BCUT2D eigenvalue weighted by molar-refractivity contribution is 8.00. The summed E-state index contributed by atoms with van der Waals surface area (Å²) in [6, 6.07) is 22.6. The van der Waals surface area contributed by atoms with Crippen molar-refractivity contribution in [3.05, 3.63) is 89.5 Å². The molecule has 0 aliphatic carbocycles. The molecule has 0 spiro atoms. The van der Waals surface area contributed by atoms with Crippen LogP contribution < -0.4 is 10.0 Å². The van der Waals surface area contributed by atoms with E-state index in [0.29, 0.717) is 17.8 Å². The van der Waals surface area contributed by atoms with E-state index in [4.69, 9.17) is 0 Å². The van der Waals surface area contributed by atoms with Gasteiger partial charge in [0.1, 0.15) is 0 Å². The second-order valence-corrected chi connectivity index (χ2v) is 11.2. The van der Waals surface area contributed by atoms with Crippen LogP contribution in [0.5, 0.6) is 0 Å². The van der Waals surface area contributed by atoms with Gasteiger partial charge in [0.25, 0.3) is 5.91 Å². The maximum atomic E-state index is 12.5. The fourth-order valence-corrected chi connectivity index (χ4v) is 5.63. The molecule has 0 bridgehead atoms. The van der Waals surface area contributed by atoms with Crippen molar-refractivity contribution in [1.29, 1.82) is 0 Å². The van der Waals surface area contributed by atoms with Crippen molar-refractivity contribution in [1.82, 2.24) is 10.3 Å². The number of para-hydroxylation sites is 1. The fraction of sp³-hybridized carbons (Fsp3) is 0.130. The van der Waals surface area contributed by atoms with Gasteiger partial charge in [-0.25, -0.2) is 13.4 Å². The molecule has 1 aromatic heterocycles. The average Bonchev–Trinajstić information content (AvgIpc) is 3.18. The minimum absolute atomic E-state index is 0.183. The molecule has 3 aromatic carbocycles. The summed E-state index contributed by atoms with van der Waals surface area (Å²) >= 11 is 3.37. The predicted octanol–water partition coefficient (Wildman–Crippen LogP) is 4.89. The Hall–Kier alpha value is -2.88. The molecule has 2 N–H and O–H groups in total. The summed E-state index contributed by atoms with van der Waals surface area (Å²) in [4.78, 5) is 17.1. The Bertz CT molecular complexity index is 1320. The maximum absolute atomic E-state index is 12.5. The number of carbonyl (C=O) groups is 1. The van der Waals surface area contributed by atoms with Gasteiger partial charge in [0.15, 0.2) is 4.34 Å². The predicted molar refractivity (Wildman–Crippen MR) is 132 cm³/mol. The number of fused-ring (bicyclic) bond motifs is 1. The molecule has 0 aliphatic rings. The molecule has 32 heavy (non-hydrogen) atoms. The van der Waals surface area contributed by atoms with E-state index >= 15 is 0 Å². The van der Waals surface area contributed by atoms with Crippen molar-refractivity contribution in [2.75, 3.05) is 11.0 Å². The Morgan fingerprint density at radius 1 is 1.00 bits per heavy atom. The van der Waals surface area contributed by atoms with E-state index in [1.807, 2.05) is 48.5 Å². The number of hydrogen-bond acceptors (Lipinski definition) is 6. The Morgan fingerprint density at radius 3 is 2.53 bits per heavy atom. The second kappa shape index (κ2) is 9.72. The normalized spacial score (nSPS) is 11.4. The van der Waals surface area contributed by atoms with Crippen LogP contribution in [0.3, 0.4) is 0 Å². The van der Waals surface area contributed by atoms with Crippen LogP contribution in [0.15, 0.2) is 77.1 Å². The number of amides is 1. The van der Waals surface area contributed by atoms with Crippen molar-refractivity contribution in [3.8, 4) is 0 Å². The van der Waals surface area contributed by atoms with Gasteiger partial charge in [0.2, 0.25) is 10.0 Å². The Balaban J connectivity index is 1.31. The van der Waals surface area contributed by atoms with E-state index in [1.165, 1.54) is 4.70 Å². The largest absolute Gasteiger partial charge is 0.348 e. The van der Waals surface area contributed by atoms with Crippen molar-refractivity contribution in [2.24, 2.45) is 0 Å². The van der Waals surface area contributed by atoms with Gasteiger partial charge in [-0.1, -0.05) is 48.2 Å². The zero-order valence-electron chi connectivity index (χ0n) is 17.2. The number of benzene rings is 3. The minimum Gasteiger partial charge on any atom is -0.348 e. The van der Waals surface area contributed by atoms with Crippen molar-refractivity contribution in [2.45, 2.75) is 16.6 Å². The molecular formula is C23H21N3O3S3. The number of rotatable bonds is 8. The molecule has 0 aliphatic heterocycles. The summed E-state index contributed by atoms with van der Waals surface area (Å²) in [5, 5.41) is 2.87. The Labute approximate surface area is 195 Å². The van der Waals surface area contributed by atoms with Crippen molar-refractivity contribution < 1.29 is 13.2 Å². The first-order valence-electron chi connectivity index (χ1n) is 9.78. The fourth-order valence-electron chi connectivity index (χ4n) is 3.05. The van der Waals surface area contributed by atoms with Crippen molar-refractivity contribution >= 4 is 54.9 Å². The number of hydrogen-bond donors (Lipinski definition) is 2. The molecule has 0 unspecified atom stereocenters. The number of thioether (sulfide) groups is 1. The van der Waals surface area contributed by atoms with Crippen LogP contribution in [0, 0.1) is 0 Å². The summed E-state index contributed by atoms with van der Waals surface area (Å²) < 4.78 is 27.4. The van der Waals surface area contributed by atoms with Gasteiger partial charge >= 0.3 is 0 Å². The van der Waals surface area contributed by atoms with E-state index in [9.17, 15) is 13.2 Å². The van der Waals surface area contributed by atoms with Crippen LogP contribution in [0.4, 0.5) is 5.69 Å². The van der Waals surface area contributed by atoms with Crippen LogP contribution >= 0.6 is 23.1 Å². The molecule has 4 aromatic rings. The summed E-state index contributed by atoms with van der Waals surface area (Å²) in [5.41, 5.74) is 3.98. The van der Waals surface area contributed by atoms with Gasteiger partial charge in [-0.15, -0.1) is 11.3 Å². The van der Waals surface area contributed by atoms with E-state index in [1.54, 1.807) is 41.3 Å². The third kappa shape index (κ3) is 6.09. The lowest BCUT2D eigenvalue weighted by atomic mass is 10.1. The number of thiazole rings is 1. The Morgan fingerprint density at radius 2 is 1.78 bits per heavy atom. The highest BCUT2D eigenvalue weighted by atomic mass is 32.2. The monoisotopic (exact) mass is 483 g/mol. The average molecular weight is 484 g/mol. The lowest BCUT2D eigenvalue weighted by molar-refractivity contribution is 0.0951. The SMILES string of the molecule is CS(=O)(=O)Nc1cccc(CNC(=O)c2ccc(CSc3nc4ccccc4s3)cc2)c1. The summed E-state index contributed by atoms with van der Waals surface area (Å²) in [6.45, 7) is 0.299. The van der Waals surface area contributed by atoms with Gasteiger partial charge < -0.3 is 5.32 Å². The van der Waals surface area contributed by atoms with Gasteiger partial charge in [-0.05, 0) is 47.5 Å². The lowest BCUT2D eigenvalue weighted by Crippen LogP contribution is -2.22. The molecule has 1 amide bonds. The smallest absolute Gasteiger partial charge is 0.251 e. The van der Waals surface area contributed by atoms with Crippen molar-refractivity contribution in [3.63, 3.8) is 0 Å². The summed E-state index contributed by atoms with van der Waals surface area (Å²) in [7, 11) is -3.34. The molecule has 0 fully saturated rings. The third-order valence-corrected chi connectivity index (χ3v) is 7.39. The summed E-state index contributed by atoms with van der Waals surface area (Å²) in [6.07, 6.45) is 1.10. The van der Waals surface area contributed by atoms with E-state index in [2.05, 4.69) is 21.1 Å². The van der Waals surface area contributed by atoms with Crippen LogP contribution in [-0.2, 0) is 22.3 Å². The number of aromatic nitrogens is 1. The van der Waals surface area contributed by atoms with E-state index in [0.717, 1.165) is 33.0 Å². The van der Waals surface area contributed by atoms with E-state index in [-0.39, 0.29) is 5.91 Å². The molecule has 6 nitrogen and oxygen atoms in total. The van der Waals surface area contributed by atoms with Crippen LogP contribution in [0.2, 0.25) is 0 Å². The van der Waals surface area contributed by atoms with Crippen LogP contribution in [0.25, 0.3) is 10.2 Å². The number of anilines is 1. The number of nitrogens with zero attached hydrogens (tertiary/aromatic N) is 1. The molecule has 0 saturated carbocycles. The first-order valence-corrected chi connectivity index (χ1v) is 13.5. The lowest BCUT2D eigenvalue weighted by Gasteiger charge is -2.09. The second-order valence-electron chi connectivity index (χ2n) is 7.19. The first kappa shape index (κ1) is 22.3. The van der Waals surface area contributed by atoms with E-state index < -0.39 is 10.0 Å². The van der Waals surface area contributed by atoms with Gasteiger partial charge in [-0.2, -0.15) is 0 Å². The van der Waals surface area contributed by atoms with Crippen LogP contribution in [0.1, 0.15) is 21.5 Å². The number of nitrogens with one attached hydrogen (secondary N) is 2. The minimum atomic E-state index is -3.34. The standard InChI is InChI=1S/C23H21N3O3S3/c1-32(28,29)26-19-6-4-5-17(13-19)14-24-22(27)18-11-9-16(10-12-18)15-30-23-25-20-7-2-3-8-21(20)31-23/h2-13,26H,14-15H2,1H3,(H,24,27). The number of carbonyl (C=O) groups excluding carboxylic acids is 1. The zero-order chi connectivity index (χ0) is 22.6. The molecule has 4 rings (SSSR count). The topological polar surface area (TPSA) is 88.2 Å². The molecule has 0 radical (unpaired) electrons. The highest BCUT2D eigenvalue weighted by Crippen LogP contribution is 2.31. The highest BCUT2D eigenvalue weighted by Gasteiger charge is 2.08. The quantitative estimate of drug-likeness (QED) is 0.348. The third-order valence-electron chi connectivity index (χ3n) is 4.54. The first-order chi connectivity index (χ1) is 15.4. The zero-order valence-corrected chi connectivity index (χ0v) is 19.7. The molecule has 164 valence electrons. The maximum Gasteiger partial charge on any atom is 0.251 e. The number of sulfonamides is 1. The Kier molecular flexibility index (Phi) is 6.78. The van der Waals surface area contributed by atoms with Gasteiger partial charge in [-0.3, -0.25) is 9.52 Å². The molecular weight excluding hydrogens is 462 g/mol. The van der Waals surface area contributed by atoms with Gasteiger partial charge in [0.05, 0.1) is 16.5 Å². The molecule has 0 saturated heterocycles. The molecule has 9 heteroatoms. The molecule has 1 heterocycles. The molecule has 0 atom stereocenters. The van der Waals surface area contributed by atoms with Gasteiger partial charge in [0, 0.05) is 23.5 Å². The summed E-state index contributed by atoms with van der Waals surface area (Å²) in [5.74, 6) is 0.596. The van der Waals surface area contributed by atoms with Crippen LogP contribution in [-0.4, -0.2) is 25.6 Å².